The first-order valence-corrected chi connectivity index (χ1v) is 9.32. The van der Waals surface area contributed by atoms with Crippen molar-refractivity contribution in [1.29, 1.82) is 10.5 Å². The van der Waals surface area contributed by atoms with Gasteiger partial charge in [0.25, 0.3) is 5.69 Å². The van der Waals surface area contributed by atoms with Crippen molar-refractivity contribution in [2.75, 3.05) is 32.2 Å². The number of nitrogens with zero attached hydrogens (tertiary/aromatic N) is 5. The molecule has 0 radical (unpaired) electrons. The van der Waals surface area contributed by atoms with Gasteiger partial charge in [-0.15, -0.1) is 0 Å². The minimum absolute atomic E-state index is 0.00573. The molecular formula is C17H19N5O4S. The molecule has 9 nitrogen and oxygen atoms in total. The second-order valence-corrected chi connectivity index (χ2v) is 6.43. The smallest absolute Gasteiger partial charge is 0.271 e. The molecular weight excluding hydrogens is 370 g/mol. The molecule has 0 atom stereocenters. The molecule has 0 saturated carbocycles. The van der Waals surface area contributed by atoms with Crippen LogP contribution in [0.4, 0.5) is 5.69 Å². The Balaban J connectivity index is 2.09. The molecule has 0 saturated heterocycles. The molecule has 2 aromatic rings. The highest BCUT2D eigenvalue weighted by Gasteiger charge is 2.15. The zero-order chi connectivity index (χ0) is 19.5. The van der Waals surface area contributed by atoms with Gasteiger partial charge in [0, 0.05) is 24.4 Å². The van der Waals surface area contributed by atoms with E-state index < -0.39 is 4.92 Å². The van der Waals surface area contributed by atoms with Crippen molar-refractivity contribution in [1.82, 2.24) is 9.55 Å². The molecule has 0 unspecified atom stereocenters. The lowest BCUT2D eigenvalue weighted by Gasteiger charge is -2.09. The van der Waals surface area contributed by atoms with Crippen LogP contribution in [0.15, 0.2) is 23.4 Å². The molecule has 0 spiro atoms. The lowest BCUT2D eigenvalue weighted by molar-refractivity contribution is -0.384. The number of hydrogen-bond acceptors (Lipinski definition) is 8. The van der Waals surface area contributed by atoms with Crippen LogP contribution in [0.2, 0.25) is 0 Å². The molecule has 1 aromatic heterocycles. The number of rotatable bonds is 12. The van der Waals surface area contributed by atoms with Gasteiger partial charge in [0.1, 0.15) is 0 Å². The maximum Gasteiger partial charge on any atom is 0.271 e. The van der Waals surface area contributed by atoms with Gasteiger partial charge in [0.05, 0.1) is 67.4 Å². The fourth-order valence-electron chi connectivity index (χ4n) is 2.32. The minimum Gasteiger partial charge on any atom is -0.380 e. The Kier molecular flexibility index (Phi) is 8.52. The summed E-state index contributed by atoms with van der Waals surface area (Å²) in [6, 6.07) is 8.63. The molecule has 10 heteroatoms. The summed E-state index contributed by atoms with van der Waals surface area (Å²) >= 11 is 1.48. The Hall–Kier alpha value is -2.66. The van der Waals surface area contributed by atoms with Crippen molar-refractivity contribution in [3.05, 3.63) is 28.3 Å². The van der Waals surface area contributed by atoms with Crippen LogP contribution in [0.1, 0.15) is 12.8 Å². The standard InChI is InChI=1S/C17H19N5O4S/c18-5-1-8-25-10-7-21-16-4-3-14(22(23)24)13-15(16)20-17(21)27-12-11-26-9-2-6-19/h3-4,13H,1-2,7-12H2. The third-order valence-electron chi connectivity index (χ3n) is 3.54. The van der Waals surface area contributed by atoms with E-state index in [1.165, 1.54) is 23.9 Å². The van der Waals surface area contributed by atoms with Gasteiger partial charge in [-0.3, -0.25) is 10.1 Å². The van der Waals surface area contributed by atoms with E-state index in [0.717, 1.165) is 10.7 Å². The average Bonchev–Trinajstić information content (AvgIpc) is 3.01. The molecule has 0 fully saturated rings. The van der Waals surface area contributed by atoms with Crippen LogP contribution in [-0.4, -0.2) is 46.7 Å². The highest BCUT2D eigenvalue weighted by molar-refractivity contribution is 7.99. The van der Waals surface area contributed by atoms with Gasteiger partial charge < -0.3 is 14.0 Å². The van der Waals surface area contributed by atoms with Crippen molar-refractivity contribution in [2.45, 2.75) is 24.5 Å². The number of nitro groups is 1. The second-order valence-electron chi connectivity index (χ2n) is 5.37. The Morgan fingerprint density at radius 3 is 2.52 bits per heavy atom. The lowest BCUT2D eigenvalue weighted by atomic mass is 10.3. The predicted molar refractivity (Wildman–Crippen MR) is 99.2 cm³/mol. The number of imidazole rings is 1. The van der Waals surface area contributed by atoms with Crippen molar-refractivity contribution in [3.8, 4) is 12.1 Å². The average molecular weight is 389 g/mol. The summed E-state index contributed by atoms with van der Waals surface area (Å²) in [5.41, 5.74) is 1.33. The number of nitriles is 2. The SMILES string of the molecule is N#CCCOCCSc1nc2cc([N+](=O)[O-])ccc2n1CCOCCC#N. The van der Waals surface area contributed by atoms with E-state index in [1.807, 2.05) is 16.7 Å². The van der Waals surface area contributed by atoms with Crippen molar-refractivity contribution in [2.24, 2.45) is 0 Å². The molecule has 1 heterocycles. The van der Waals surface area contributed by atoms with Gasteiger partial charge in [-0.2, -0.15) is 10.5 Å². The highest BCUT2D eigenvalue weighted by atomic mass is 32.2. The summed E-state index contributed by atoms with van der Waals surface area (Å²) < 4.78 is 12.7. The van der Waals surface area contributed by atoms with E-state index in [0.29, 0.717) is 57.1 Å². The first-order chi connectivity index (χ1) is 13.2. The van der Waals surface area contributed by atoms with Gasteiger partial charge in [0.2, 0.25) is 0 Å². The zero-order valence-corrected chi connectivity index (χ0v) is 15.5. The number of benzene rings is 1. The zero-order valence-electron chi connectivity index (χ0n) is 14.7. The Labute approximate surface area is 160 Å². The Bertz CT molecular complexity index is 855. The van der Waals surface area contributed by atoms with E-state index >= 15 is 0 Å². The molecule has 27 heavy (non-hydrogen) atoms. The van der Waals surface area contributed by atoms with Crippen molar-refractivity contribution < 1.29 is 14.4 Å². The van der Waals surface area contributed by atoms with Gasteiger partial charge in [-0.1, -0.05) is 11.8 Å². The quantitative estimate of drug-likeness (QED) is 0.235. The molecule has 0 amide bonds. The van der Waals surface area contributed by atoms with Crippen molar-refractivity contribution in [3.63, 3.8) is 0 Å². The first kappa shape index (κ1) is 20.6. The molecule has 0 aliphatic rings. The third-order valence-corrected chi connectivity index (χ3v) is 4.48. The Morgan fingerprint density at radius 2 is 1.85 bits per heavy atom. The summed E-state index contributed by atoms with van der Waals surface area (Å²) in [7, 11) is 0. The molecule has 0 aliphatic heterocycles. The summed E-state index contributed by atoms with van der Waals surface area (Å²) in [4.78, 5) is 15.1. The third kappa shape index (κ3) is 6.22. The maximum absolute atomic E-state index is 11.0. The predicted octanol–water partition coefficient (Wildman–Crippen LogP) is 2.90. The number of fused-ring (bicyclic) bond motifs is 1. The van der Waals surface area contributed by atoms with Crippen LogP contribution >= 0.6 is 11.8 Å². The highest BCUT2D eigenvalue weighted by Crippen LogP contribution is 2.27. The van der Waals surface area contributed by atoms with E-state index in [9.17, 15) is 10.1 Å². The number of thioether (sulfide) groups is 1. The normalized spacial score (nSPS) is 10.6. The number of hydrogen-bond donors (Lipinski definition) is 0. The summed E-state index contributed by atoms with van der Waals surface area (Å²) in [6.45, 7) is 2.18. The van der Waals surface area contributed by atoms with Gasteiger partial charge >= 0.3 is 0 Å². The molecule has 0 aliphatic carbocycles. The number of nitro benzene ring substituents is 1. The van der Waals surface area contributed by atoms with Gasteiger partial charge in [0.15, 0.2) is 5.16 Å². The molecule has 0 bridgehead atoms. The Morgan fingerprint density at radius 1 is 1.15 bits per heavy atom. The van der Waals surface area contributed by atoms with Crippen LogP contribution < -0.4 is 0 Å². The summed E-state index contributed by atoms with van der Waals surface area (Å²) in [6.07, 6.45) is 0.686. The van der Waals surface area contributed by atoms with E-state index in [2.05, 4.69) is 4.98 Å². The molecule has 2 rings (SSSR count). The van der Waals surface area contributed by atoms with Crippen molar-refractivity contribution >= 4 is 28.5 Å². The molecule has 0 N–H and O–H groups in total. The largest absolute Gasteiger partial charge is 0.380 e. The van der Waals surface area contributed by atoms with E-state index in [1.54, 1.807) is 6.07 Å². The fraction of sp³-hybridized carbons (Fsp3) is 0.471. The summed E-state index contributed by atoms with van der Waals surface area (Å²) in [5.74, 6) is 0.645. The van der Waals surface area contributed by atoms with Crippen LogP contribution in [0.25, 0.3) is 11.0 Å². The van der Waals surface area contributed by atoms with Crippen LogP contribution in [0.3, 0.4) is 0 Å². The second kappa shape index (κ2) is 11.1. The first-order valence-electron chi connectivity index (χ1n) is 8.34. The number of non-ortho nitro benzene ring substituents is 1. The van der Waals surface area contributed by atoms with Gasteiger partial charge in [-0.05, 0) is 6.07 Å². The molecule has 1 aromatic carbocycles. The topological polar surface area (TPSA) is 127 Å². The maximum atomic E-state index is 11.0. The van der Waals surface area contributed by atoms with Gasteiger partial charge in [-0.25, -0.2) is 4.98 Å². The number of aromatic nitrogens is 2. The fourth-order valence-corrected chi connectivity index (χ4v) is 3.22. The van der Waals surface area contributed by atoms with Crippen LogP contribution in [-0.2, 0) is 16.0 Å². The lowest BCUT2D eigenvalue weighted by Crippen LogP contribution is -2.08. The monoisotopic (exact) mass is 389 g/mol. The number of ether oxygens (including phenoxy) is 2. The minimum atomic E-state index is -0.445. The molecule has 142 valence electrons. The van der Waals surface area contributed by atoms with E-state index in [4.69, 9.17) is 20.0 Å². The van der Waals surface area contributed by atoms with Crippen LogP contribution in [0.5, 0.6) is 0 Å². The van der Waals surface area contributed by atoms with E-state index in [-0.39, 0.29) is 5.69 Å². The van der Waals surface area contributed by atoms with Crippen LogP contribution in [0, 0.1) is 32.8 Å². The summed E-state index contributed by atoms with van der Waals surface area (Å²) in [5, 5.41) is 28.7.